The minimum atomic E-state index is -0.0461. The van der Waals surface area contributed by atoms with Crippen molar-refractivity contribution in [1.82, 2.24) is 20.3 Å². The number of hydrogen-bond acceptors (Lipinski definition) is 6. The number of aromatic nitrogens is 3. The molecule has 0 radical (unpaired) electrons. The maximum Gasteiger partial charge on any atom is 0.229 e. The van der Waals surface area contributed by atoms with Crippen LogP contribution < -0.4 is 15.4 Å². The Hall–Kier alpha value is -3.23. The van der Waals surface area contributed by atoms with Gasteiger partial charge < -0.3 is 20.4 Å². The number of hydrogen-bond donors (Lipinski definition) is 3. The molecule has 1 aromatic carbocycles. The first-order chi connectivity index (χ1) is 16.7. The number of aromatic amines is 1. The monoisotopic (exact) mass is 475 g/mol. The SMILES string of the molecule is O=C(Cc1cccc(OCCCC2CCNCC2)c1)Nc1cc(-c2c[nH]c3nccnc23)cs1. The Kier molecular flexibility index (Phi) is 7.16. The molecule has 5 rings (SSSR count). The van der Waals surface area contributed by atoms with E-state index >= 15 is 0 Å². The van der Waals surface area contributed by atoms with Gasteiger partial charge in [0.2, 0.25) is 5.91 Å². The predicted molar refractivity (Wildman–Crippen MR) is 136 cm³/mol. The lowest BCUT2D eigenvalue weighted by Crippen LogP contribution is -2.27. The van der Waals surface area contributed by atoms with E-state index in [1.807, 2.05) is 41.9 Å². The van der Waals surface area contributed by atoms with Crippen LogP contribution in [0, 0.1) is 5.92 Å². The number of fused-ring (bicyclic) bond motifs is 1. The van der Waals surface area contributed by atoms with Gasteiger partial charge in [0.05, 0.1) is 18.0 Å². The van der Waals surface area contributed by atoms with Gasteiger partial charge in [-0.2, -0.15) is 0 Å². The fourth-order valence-corrected chi connectivity index (χ4v) is 5.27. The molecule has 1 aliphatic heterocycles. The number of thiophene rings is 1. The van der Waals surface area contributed by atoms with E-state index in [2.05, 4.69) is 25.6 Å². The van der Waals surface area contributed by atoms with Crippen molar-refractivity contribution in [2.75, 3.05) is 25.0 Å². The Morgan fingerprint density at radius 3 is 2.97 bits per heavy atom. The molecule has 3 aromatic heterocycles. The third-order valence-corrected chi connectivity index (χ3v) is 7.07. The number of amides is 1. The van der Waals surface area contributed by atoms with Crippen LogP contribution in [0.4, 0.5) is 5.00 Å². The highest BCUT2D eigenvalue weighted by molar-refractivity contribution is 7.14. The Labute approximate surface area is 203 Å². The molecule has 4 aromatic rings. The van der Waals surface area contributed by atoms with E-state index in [1.165, 1.54) is 30.6 Å². The Morgan fingerprint density at radius 2 is 2.06 bits per heavy atom. The van der Waals surface area contributed by atoms with Gasteiger partial charge in [-0.05, 0) is 74.0 Å². The van der Waals surface area contributed by atoms with Gasteiger partial charge in [0.15, 0.2) is 5.65 Å². The molecule has 0 spiro atoms. The van der Waals surface area contributed by atoms with Gasteiger partial charge >= 0.3 is 0 Å². The molecule has 3 N–H and O–H groups in total. The predicted octanol–water partition coefficient (Wildman–Crippen LogP) is 5.03. The van der Waals surface area contributed by atoms with E-state index in [0.29, 0.717) is 6.42 Å². The number of benzene rings is 1. The molecule has 176 valence electrons. The summed E-state index contributed by atoms with van der Waals surface area (Å²) in [4.78, 5) is 24.5. The molecule has 7 nitrogen and oxygen atoms in total. The minimum absolute atomic E-state index is 0.0461. The summed E-state index contributed by atoms with van der Waals surface area (Å²) in [5.41, 5.74) is 4.50. The lowest BCUT2D eigenvalue weighted by atomic mass is 9.93. The molecule has 34 heavy (non-hydrogen) atoms. The average molecular weight is 476 g/mol. The quantitative estimate of drug-likeness (QED) is 0.296. The summed E-state index contributed by atoms with van der Waals surface area (Å²) in [6, 6.07) is 9.82. The third kappa shape index (κ3) is 5.63. The molecule has 8 heteroatoms. The summed E-state index contributed by atoms with van der Waals surface area (Å²) >= 11 is 1.50. The van der Waals surface area contributed by atoms with Gasteiger partial charge in [-0.1, -0.05) is 12.1 Å². The number of anilines is 1. The Morgan fingerprint density at radius 1 is 1.18 bits per heavy atom. The standard InChI is InChI=1S/C26H29N5O2S/c32-23(31-24-15-20(17-34-24)22-16-30-26-25(22)28-10-11-29-26)14-19-3-1-5-21(13-19)33-12-2-4-18-6-8-27-9-7-18/h1,3,5,10-11,13,15-18,27H,2,4,6-9,12,14H2,(H,29,30)(H,31,32). The average Bonchev–Trinajstić information content (AvgIpc) is 3.49. The number of piperidine rings is 1. The summed E-state index contributed by atoms with van der Waals surface area (Å²) < 4.78 is 5.96. The van der Waals surface area contributed by atoms with E-state index in [-0.39, 0.29) is 5.91 Å². The number of carbonyl (C=O) groups excluding carboxylic acids is 1. The van der Waals surface area contributed by atoms with Crippen molar-refractivity contribution in [1.29, 1.82) is 0 Å². The van der Waals surface area contributed by atoms with Crippen molar-refractivity contribution < 1.29 is 9.53 Å². The van der Waals surface area contributed by atoms with Crippen LogP contribution in [0.1, 0.15) is 31.2 Å². The molecule has 0 unspecified atom stereocenters. The van der Waals surface area contributed by atoms with Crippen LogP contribution in [0.3, 0.4) is 0 Å². The van der Waals surface area contributed by atoms with Crippen LogP contribution in [0.15, 0.2) is 54.3 Å². The van der Waals surface area contributed by atoms with Crippen LogP contribution >= 0.6 is 11.3 Å². The molecule has 1 saturated heterocycles. The van der Waals surface area contributed by atoms with Gasteiger partial charge in [0.25, 0.3) is 0 Å². The smallest absolute Gasteiger partial charge is 0.229 e. The number of H-pyrrole nitrogens is 1. The molecule has 0 saturated carbocycles. The highest BCUT2D eigenvalue weighted by atomic mass is 32.1. The number of nitrogens with zero attached hydrogens (tertiary/aromatic N) is 2. The third-order valence-electron chi connectivity index (χ3n) is 6.23. The van der Waals surface area contributed by atoms with Gasteiger partial charge in [0, 0.05) is 29.5 Å². The van der Waals surface area contributed by atoms with E-state index < -0.39 is 0 Å². The second-order valence-corrected chi connectivity index (χ2v) is 9.62. The van der Waals surface area contributed by atoms with E-state index in [4.69, 9.17) is 4.74 Å². The highest BCUT2D eigenvalue weighted by Gasteiger charge is 2.13. The van der Waals surface area contributed by atoms with Crippen LogP contribution in [-0.2, 0) is 11.2 Å². The fraction of sp³-hybridized carbons (Fsp3) is 0.346. The van der Waals surface area contributed by atoms with Crippen LogP contribution in [-0.4, -0.2) is 40.6 Å². The summed E-state index contributed by atoms with van der Waals surface area (Å²) in [6.07, 6.45) is 10.4. The molecule has 1 fully saturated rings. The van der Waals surface area contributed by atoms with Crippen molar-refractivity contribution in [3.63, 3.8) is 0 Å². The van der Waals surface area contributed by atoms with Crippen molar-refractivity contribution in [3.05, 3.63) is 59.9 Å². The first-order valence-electron chi connectivity index (χ1n) is 11.8. The first kappa shape index (κ1) is 22.6. The van der Waals surface area contributed by atoms with Crippen molar-refractivity contribution in [2.24, 2.45) is 5.92 Å². The molecule has 0 bridgehead atoms. The van der Waals surface area contributed by atoms with Gasteiger partial charge in [-0.3, -0.25) is 9.78 Å². The lowest BCUT2D eigenvalue weighted by Gasteiger charge is -2.22. The minimum Gasteiger partial charge on any atom is -0.494 e. The Balaban J connectivity index is 1.12. The second-order valence-electron chi connectivity index (χ2n) is 8.71. The number of rotatable bonds is 9. The Bertz CT molecular complexity index is 1240. The normalized spacial score (nSPS) is 14.4. The topological polar surface area (TPSA) is 91.9 Å². The summed E-state index contributed by atoms with van der Waals surface area (Å²) in [5, 5.41) is 9.26. The van der Waals surface area contributed by atoms with E-state index in [9.17, 15) is 4.79 Å². The van der Waals surface area contributed by atoms with Crippen molar-refractivity contribution in [2.45, 2.75) is 32.1 Å². The molecular formula is C26H29N5O2S. The van der Waals surface area contributed by atoms with Crippen LogP contribution in [0.5, 0.6) is 5.75 Å². The van der Waals surface area contributed by atoms with Gasteiger partial charge in [-0.15, -0.1) is 11.3 Å². The zero-order valence-electron chi connectivity index (χ0n) is 19.0. The molecule has 4 heterocycles. The van der Waals surface area contributed by atoms with Crippen molar-refractivity contribution in [3.8, 4) is 16.9 Å². The van der Waals surface area contributed by atoms with Crippen LogP contribution in [0.25, 0.3) is 22.3 Å². The maximum absolute atomic E-state index is 12.7. The van der Waals surface area contributed by atoms with Crippen molar-refractivity contribution >= 4 is 33.4 Å². The van der Waals surface area contributed by atoms with Crippen LogP contribution in [0.2, 0.25) is 0 Å². The summed E-state index contributed by atoms with van der Waals surface area (Å²) in [7, 11) is 0. The number of ether oxygens (including phenoxy) is 1. The molecule has 0 aliphatic carbocycles. The zero-order valence-corrected chi connectivity index (χ0v) is 19.9. The van der Waals surface area contributed by atoms with E-state index in [0.717, 1.165) is 70.6 Å². The maximum atomic E-state index is 12.7. The fourth-order valence-electron chi connectivity index (χ4n) is 4.46. The molecular weight excluding hydrogens is 446 g/mol. The highest BCUT2D eigenvalue weighted by Crippen LogP contribution is 2.32. The zero-order chi connectivity index (χ0) is 23.2. The van der Waals surface area contributed by atoms with Gasteiger partial charge in [-0.25, -0.2) is 4.98 Å². The first-order valence-corrected chi connectivity index (χ1v) is 12.7. The molecule has 0 atom stereocenters. The van der Waals surface area contributed by atoms with Gasteiger partial charge in [0.1, 0.15) is 11.3 Å². The number of nitrogens with one attached hydrogen (secondary N) is 3. The summed E-state index contributed by atoms with van der Waals surface area (Å²) in [5.74, 6) is 1.60. The lowest BCUT2D eigenvalue weighted by molar-refractivity contribution is -0.115. The molecule has 1 aliphatic rings. The van der Waals surface area contributed by atoms with E-state index in [1.54, 1.807) is 12.4 Å². The number of carbonyl (C=O) groups is 1. The summed E-state index contributed by atoms with van der Waals surface area (Å²) in [6.45, 7) is 3.00. The molecule has 1 amide bonds. The largest absolute Gasteiger partial charge is 0.494 e. The second kappa shape index (κ2) is 10.8.